The lowest BCUT2D eigenvalue weighted by atomic mass is 10.1. The van der Waals surface area contributed by atoms with Crippen LogP contribution < -0.4 is 14.8 Å². The van der Waals surface area contributed by atoms with Gasteiger partial charge >= 0.3 is 18.2 Å². The lowest BCUT2D eigenvalue weighted by Gasteiger charge is -2.32. The number of aromatic nitrogens is 2. The van der Waals surface area contributed by atoms with Crippen LogP contribution >= 0.6 is 0 Å². The number of ether oxygens (including phenoxy) is 2. The Hall–Kier alpha value is -3.04. The van der Waals surface area contributed by atoms with E-state index in [1.54, 1.807) is 29.2 Å². The van der Waals surface area contributed by atoms with Gasteiger partial charge in [-0.2, -0.15) is 18.2 Å². The van der Waals surface area contributed by atoms with Crippen molar-refractivity contribution in [1.82, 2.24) is 14.9 Å². The van der Waals surface area contributed by atoms with Crippen LogP contribution in [0, 0.1) is 0 Å². The molecule has 1 unspecified atom stereocenters. The number of carbonyl (C=O) groups excluding carboxylic acids is 1. The van der Waals surface area contributed by atoms with Gasteiger partial charge in [0.05, 0.1) is 13.7 Å². The highest BCUT2D eigenvalue weighted by atomic mass is 19.4. The van der Waals surface area contributed by atoms with Gasteiger partial charge in [0.25, 0.3) is 0 Å². The molecule has 0 radical (unpaired) electrons. The van der Waals surface area contributed by atoms with Crippen molar-refractivity contribution in [3.63, 3.8) is 0 Å². The molecule has 1 aliphatic rings. The second-order valence-corrected chi connectivity index (χ2v) is 6.21. The summed E-state index contributed by atoms with van der Waals surface area (Å²) >= 11 is 0. The number of hydrogen-bond donors (Lipinski definition) is 1. The highest BCUT2D eigenvalue weighted by Gasteiger charge is 2.33. The first-order chi connectivity index (χ1) is 13.3. The van der Waals surface area contributed by atoms with Crippen molar-refractivity contribution < 1.29 is 27.4 Å². The number of anilines is 1. The predicted octanol–water partition coefficient (Wildman–Crippen LogP) is 3.58. The number of methoxy groups -OCH3 is 1. The number of benzene rings is 1. The fourth-order valence-corrected chi connectivity index (χ4v) is 2.83. The Kier molecular flexibility index (Phi) is 5.86. The first-order valence-electron chi connectivity index (χ1n) is 8.62. The highest BCUT2D eigenvalue weighted by molar-refractivity contribution is 5.89. The average Bonchev–Trinajstić information content (AvgIpc) is 2.68. The third-order valence-corrected chi connectivity index (χ3v) is 4.18. The Morgan fingerprint density at radius 1 is 1.32 bits per heavy atom. The van der Waals surface area contributed by atoms with Gasteiger partial charge < -0.3 is 19.7 Å². The Bertz CT molecular complexity index is 832. The maximum atomic E-state index is 12.8. The third kappa shape index (κ3) is 5.02. The predicted molar refractivity (Wildman–Crippen MR) is 94.3 cm³/mol. The molecule has 7 nitrogen and oxygen atoms in total. The molecule has 1 saturated heterocycles. The summed E-state index contributed by atoms with van der Waals surface area (Å²) in [5.74, 6) is 0.611. The van der Waals surface area contributed by atoms with Crippen molar-refractivity contribution in [3.05, 3.63) is 42.2 Å². The molecule has 150 valence electrons. The Labute approximate surface area is 159 Å². The van der Waals surface area contributed by atoms with Gasteiger partial charge in [0.15, 0.2) is 5.69 Å². The first kappa shape index (κ1) is 19.7. The molecule has 2 aromatic rings. The van der Waals surface area contributed by atoms with Crippen molar-refractivity contribution in [2.75, 3.05) is 25.5 Å². The van der Waals surface area contributed by atoms with Crippen LogP contribution in [0.4, 0.5) is 23.7 Å². The normalized spacial score (nSPS) is 17.1. The van der Waals surface area contributed by atoms with E-state index >= 15 is 0 Å². The molecule has 0 bridgehead atoms. The Morgan fingerprint density at radius 2 is 2.14 bits per heavy atom. The number of rotatable bonds is 4. The number of urea groups is 1. The number of halogens is 3. The van der Waals surface area contributed by atoms with Gasteiger partial charge in [0.2, 0.25) is 0 Å². The van der Waals surface area contributed by atoms with Crippen molar-refractivity contribution >= 4 is 11.7 Å². The lowest BCUT2D eigenvalue weighted by Crippen LogP contribution is -2.46. The van der Waals surface area contributed by atoms with E-state index in [1.165, 1.54) is 7.11 Å². The molecule has 1 aromatic heterocycles. The molecule has 1 N–H and O–H groups in total. The first-order valence-corrected chi connectivity index (χ1v) is 8.62. The van der Waals surface area contributed by atoms with Crippen LogP contribution in [-0.2, 0) is 6.18 Å². The molecule has 1 atom stereocenters. The molecule has 0 saturated carbocycles. The van der Waals surface area contributed by atoms with Gasteiger partial charge in [0.1, 0.15) is 11.9 Å². The smallest absolute Gasteiger partial charge is 0.433 e. The molecule has 3 rings (SSSR count). The fraction of sp³-hybridized carbons (Fsp3) is 0.389. The van der Waals surface area contributed by atoms with E-state index in [4.69, 9.17) is 9.47 Å². The second kappa shape index (κ2) is 8.32. The van der Waals surface area contributed by atoms with Crippen molar-refractivity contribution in [3.8, 4) is 11.8 Å². The quantitative estimate of drug-likeness (QED) is 0.855. The summed E-state index contributed by atoms with van der Waals surface area (Å²) in [6, 6.07) is 7.03. The molecule has 1 aliphatic heterocycles. The minimum absolute atomic E-state index is 0.218. The summed E-state index contributed by atoms with van der Waals surface area (Å²) in [4.78, 5) is 21.2. The van der Waals surface area contributed by atoms with Crippen LogP contribution in [0.2, 0.25) is 0 Å². The fourth-order valence-electron chi connectivity index (χ4n) is 2.83. The molecule has 28 heavy (non-hydrogen) atoms. The van der Waals surface area contributed by atoms with E-state index in [0.717, 1.165) is 12.3 Å². The van der Waals surface area contributed by atoms with Crippen LogP contribution in [0.25, 0.3) is 0 Å². The van der Waals surface area contributed by atoms with Crippen LogP contribution in [0.5, 0.6) is 11.8 Å². The monoisotopic (exact) mass is 396 g/mol. The summed E-state index contributed by atoms with van der Waals surface area (Å²) in [6.07, 6.45) is -2.83. The summed E-state index contributed by atoms with van der Waals surface area (Å²) in [7, 11) is 1.53. The lowest BCUT2D eigenvalue weighted by molar-refractivity contribution is -0.141. The number of nitrogens with zero attached hydrogens (tertiary/aromatic N) is 3. The molecule has 10 heteroatoms. The van der Waals surface area contributed by atoms with Crippen LogP contribution in [0.15, 0.2) is 36.5 Å². The number of likely N-dealkylation sites (tertiary alicyclic amines) is 1. The number of alkyl halides is 3. The zero-order valence-electron chi connectivity index (χ0n) is 15.1. The van der Waals surface area contributed by atoms with Gasteiger partial charge in [-0.25, -0.2) is 9.78 Å². The van der Waals surface area contributed by atoms with E-state index < -0.39 is 18.0 Å². The van der Waals surface area contributed by atoms with Gasteiger partial charge in [-0.3, -0.25) is 0 Å². The van der Waals surface area contributed by atoms with E-state index in [9.17, 15) is 18.0 Å². The minimum atomic E-state index is -4.57. The summed E-state index contributed by atoms with van der Waals surface area (Å²) in [6.45, 7) is 0.731. The van der Waals surface area contributed by atoms with E-state index in [1.807, 2.05) is 0 Å². The summed E-state index contributed by atoms with van der Waals surface area (Å²) in [5, 5.41) is 2.77. The van der Waals surface area contributed by atoms with Gasteiger partial charge in [-0.05, 0) is 31.0 Å². The zero-order chi connectivity index (χ0) is 20.1. The van der Waals surface area contributed by atoms with Crippen LogP contribution in [0.3, 0.4) is 0 Å². The van der Waals surface area contributed by atoms with Gasteiger partial charge in [-0.1, -0.05) is 6.07 Å². The second-order valence-electron chi connectivity index (χ2n) is 6.21. The third-order valence-electron chi connectivity index (χ3n) is 4.18. The number of hydrogen-bond acceptors (Lipinski definition) is 5. The van der Waals surface area contributed by atoms with E-state index in [-0.39, 0.29) is 18.6 Å². The molecule has 2 heterocycles. The maximum absolute atomic E-state index is 12.8. The molecule has 0 spiro atoms. The molecular formula is C18H19F3N4O3. The number of carbonyl (C=O) groups is 1. The maximum Gasteiger partial charge on any atom is 0.433 e. The van der Waals surface area contributed by atoms with Crippen LogP contribution in [-0.4, -0.2) is 47.2 Å². The Balaban J connectivity index is 1.61. The summed E-state index contributed by atoms with van der Waals surface area (Å²) < 4.78 is 48.9. The largest absolute Gasteiger partial charge is 0.497 e. The molecule has 1 aromatic carbocycles. The van der Waals surface area contributed by atoms with Crippen molar-refractivity contribution in [2.45, 2.75) is 25.1 Å². The van der Waals surface area contributed by atoms with Crippen molar-refractivity contribution in [2.24, 2.45) is 0 Å². The van der Waals surface area contributed by atoms with Crippen LogP contribution in [0.1, 0.15) is 18.5 Å². The SMILES string of the molecule is COc1cccc(NC(=O)N2CCCC(Oc3nccc(C(F)(F)F)n3)C2)c1. The molecule has 0 aliphatic carbocycles. The number of amides is 2. The van der Waals surface area contributed by atoms with Crippen molar-refractivity contribution in [1.29, 1.82) is 0 Å². The standard InChI is InChI=1S/C18H19F3N4O3/c1-27-13-5-2-4-12(10-13)23-17(26)25-9-3-6-14(11-25)28-16-22-8-7-15(24-16)18(19,20)21/h2,4-5,7-8,10,14H,3,6,9,11H2,1H3,(H,23,26). The summed E-state index contributed by atoms with van der Waals surface area (Å²) in [5.41, 5.74) is -0.491. The minimum Gasteiger partial charge on any atom is -0.497 e. The topological polar surface area (TPSA) is 76.6 Å². The zero-order valence-corrected chi connectivity index (χ0v) is 15.1. The van der Waals surface area contributed by atoms with Gasteiger partial charge in [0, 0.05) is 24.5 Å². The molecule has 2 amide bonds. The van der Waals surface area contributed by atoms with E-state index in [0.29, 0.717) is 30.8 Å². The molecule has 1 fully saturated rings. The number of piperidine rings is 1. The number of nitrogens with one attached hydrogen (secondary N) is 1. The van der Waals surface area contributed by atoms with E-state index in [2.05, 4.69) is 15.3 Å². The highest BCUT2D eigenvalue weighted by Crippen LogP contribution is 2.28. The molecular weight excluding hydrogens is 377 g/mol. The van der Waals surface area contributed by atoms with Gasteiger partial charge in [-0.15, -0.1) is 0 Å². The average molecular weight is 396 g/mol. The Morgan fingerprint density at radius 3 is 2.89 bits per heavy atom.